The summed E-state index contributed by atoms with van der Waals surface area (Å²) in [6.07, 6.45) is 0.361. The number of ketones is 1. The van der Waals surface area contributed by atoms with Crippen LogP contribution in [0.5, 0.6) is 5.75 Å². The number of halogens is 1. The van der Waals surface area contributed by atoms with Gasteiger partial charge in [0.1, 0.15) is 5.58 Å². The normalized spacial score (nSPS) is 9.83. The van der Waals surface area contributed by atoms with E-state index >= 15 is 0 Å². The van der Waals surface area contributed by atoms with Crippen LogP contribution in [0.25, 0.3) is 11.0 Å². The Hall–Kier alpha value is -1.84. The number of carbonyl (C=O) groups is 1. The topological polar surface area (TPSA) is 39.4 Å². The Morgan fingerprint density at radius 3 is 2.56 bits per heavy atom. The van der Waals surface area contributed by atoms with Gasteiger partial charge in [0, 0.05) is 17.9 Å². The molecule has 3 nitrogen and oxygen atoms in total. The van der Waals surface area contributed by atoms with Crippen LogP contribution < -0.4 is 4.74 Å². The fourth-order valence-corrected chi connectivity index (χ4v) is 1.51. The second-order valence-electron chi connectivity index (χ2n) is 3.41. The van der Waals surface area contributed by atoms with Crippen molar-refractivity contribution in [3.8, 4) is 5.75 Å². The molecule has 1 heterocycles. The number of rotatable bonds is 3. The fraction of sp³-hybridized carbons (Fsp3) is 0.357. The van der Waals surface area contributed by atoms with E-state index in [0.717, 1.165) is 0 Å². The minimum absolute atomic E-state index is 0.101. The lowest BCUT2D eigenvalue weighted by Gasteiger charge is -1.99. The third kappa shape index (κ3) is 2.70. The first kappa shape index (κ1) is 14.2. The Morgan fingerprint density at radius 1 is 1.33 bits per heavy atom. The molecule has 0 fully saturated rings. The molecule has 4 heteroatoms. The predicted octanol–water partition coefficient (Wildman–Crippen LogP) is 4.20. The first-order chi connectivity index (χ1) is 8.65. The molecule has 0 aliphatic rings. The molecule has 0 spiro atoms. The molecule has 0 atom stereocenters. The van der Waals surface area contributed by atoms with E-state index in [1.807, 2.05) is 13.8 Å². The van der Waals surface area contributed by atoms with Gasteiger partial charge in [-0.3, -0.25) is 4.79 Å². The van der Waals surface area contributed by atoms with Crippen molar-refractivity contribution in [1.82, 2.24) is 0 Å². The van der Waals surface area contributed by atoms with E-state index in [2.05, 4.69) is 0 Å². The molecule has 2 rings (SSSR count). The number of fused-ring (bicyclic) bond motifs is 1. The zero-order chi connectivity index (χ0) is 13.7. The minimum atomic E-state index is -0.500. The molecule has 0 amide bonds. The summed E-state index contributed by atoms with van der Waals surface area (Å²) in [6.45, 7) is 5.75. The third-order valence-corrected chi connectivity index (χ3v) is 2.39. The highest BCUT2D eigenvalue weighted by molar-refractivity contribution is 5.97. The number of furan rings is 1. The number of methoxy groups -OCH3 is 1. The lowest BCUT2D eigenvalue weighted by atomic mass is 10.2. The zero-order valence-corrected chi connectivity index (χ0v) is 11.0. The second kappa shape index (κ2) is 6.19. The van der Waals surface area contributed by atoms with Gasteiger partial charge in [0.2, 0.25) is 0 Å². The summed E-state index contributed by atoms with van der Waals surface area (Å²) < 4.78 is 23.4. The Morgan fingerprint density at radius 2 is 2.00 bits per heavy atom. The molecule has 1 aromatic heterocycles. The Balaban J connectivity index is 0.000000771. The summed E-state index contributed by atoms with van der Waals surface area (Å²) in [5, 5.41) is 0.662. The van der Waals surface area contributed by atoms with Crippen LogP contribution in [0.1, 0.15) is 37.7 Å². The van der Waals surface area contributed by atoms with E-state index < -0.39 is 5.82 Å². The maximum absolute atomic E-state index is 13.3. The lowest BCUT2D eigenvalue weighted by molar-refractivity contribution is 0.0963. The number of Topliss-reactive ketones (excluding diaryl/α,β-unsaturated/α-hetero) is 1. The number of benzene rings is 1. The summed E-state index contributed by atoms with van der Waals surface area (Å²) >= 11 is 0. The Labute approximate surface area is 106 Å². The Bertz CT molecular complexity index is 543. The van der Waals surface area contributed by atoms with Crippen molar-refractivity contribution in [2.24, 2.45) is 0 Å². The Kier molecular flexibility index (Phi) is 4.89. The molecule has 18 heavy (non-hydrogen) atoms. The SMILES string of the molecule is CC.CCC(=O)c1cc2cc(OC)c(F)cc2o1. The highest BCUT2D eigenvalue weighted by atomic mass is 19.1. The van der Waals surface area contributed by atoms with Gasteiger partial charge in [-0.05, 0) is 12.1 Å². The molecule has 0 radical (unpaired) electrons. The average Bonchev–Trinajstić information content (AvgIpc) is 2.81. The van der Waals surface area contributed by atoms with Crippen molar-refractivity contribution in [3.63, 3.8) is 0 Å². The van der Waals surface area contributed by atoms with Gasteiger partial charge in [-0.1, -0.05) is 20.8 Å². The molecular formula is C14H17FO3. The number of ether oxygens (including phenoxy) is 1. The van der Waals surface area contributed by atoms with Gasteiger partial charge in [0.15, 0.2) is 23.1 Å². The lowest BCUT2D eigenvalue weighted by Crippen LogP contribution is -1.92. The summed E-state index contributed by atoms with van der Waals surface area (Å²) in [4.78, 5) is 11.4. The van der Waals surface area contributed by atoms with Crippen LogP contribution in [-0.4, -0.2) is 12.9 Å². The van der Waals surface area contributed by atoms with Gasteiger partial charge in [-0.25, -0.2) is 4.39 Å². The van der Waals surface area contributed by atoms with Crippen molar-refractivity contribution in [2.45, 2.75) is 27.2 Å². The molecular weight excluding hydrogens is 235 g/mol. The zero-order valence-electron chi connectivity index (χ0n) is 11.0. The van der Waals surface area contributed by atoms with Gasteiger partial charge in [0.05, 0.1) is 7.11 Å². The van der Waals surface area contributed by atoms with Gasteiger partial charge in [-0.15, -0.1) is 0 Å². The highest BCUT2D eigenvalue weighted by Crippen LogP contribution is 2.27. The van der Waals surface area contributed by atoms with Crippen LogP contribution in [0.2, 0.25) is 0 Å². The van der Waals surface area contributed by atoms with Gasteiger partial charge in [-0.2, -0.15) is 0 Å². The largest absolute Gasteiger partial charge is 0.494 e. The minimum Gasteiger partial charge on any atom is -0.494 e. The molecule has 0 aliphatic carbocycles. The molecule has 0 bridgehead atoms. The van der Waals surface area contributed by atoms with Crippen LogP contribution in [0.4, 0.5) is 4.39 Å². The van der Waals surface area contributed by atoms with Crippen LogP contribution in [0.15, 0.2) is 22.6 Å². The maximum Gasteiger partial charge on any atom is 0.197 e. The fourth-order valence-electron chi connectivity index (χ4n) is 1.51. The molecule has 98 valence electrons. The number of hydrogen-bond acceptors (Lipinski definition) is 3. The summed E-state index contributed by atoms with van der Waals surface area (Å²) in [5.74, 6) is -0.204. The summed E-state index contributed by atoms with van der Waals surface area (Å²) in [6, 6.07) is 4.34. The van der Waals surface area contributed by atoms with Crippen LogP contribution in [0, 0.1) is 5.82 Å². The molecule has 0 aliphatic heterocycles. The van der Waals surface area contributed by atoms with E-state index in [9.17, 15) is 9.18 Å². The van der Waals surface area contributed by atoms with E-state index in [1.165, 1.54) is 19.2 Å². The van der Waals surface area contributed by atoms with E-state index in [1.54, 1.807) is 13.0 Å². The first-order valence-electron chi connectivity index (χ1n) is 5.96. The third-order valence-electron chi connectivity index (χ3n) is 2.39. The van der Waals surface area contributed by atoms with Crippen molar-refractivity contribution in [1.29, 1.82) is 0 Å². The first-order valence-corrected chi connectivity index (χ1v) is 5.96. The molecule has 2 aromatic rings. The molecule has 0 N–H and O–H groups in total. The van der Waals surface area contributed by atoms with Gasteiger partial charge < -0.3 is 9.15 Å². The van der Waals surface area contributed by atoms with Crippen molar-refractivity contribution >= 4 is 16.8 Å². The second-order valence-corrected chi connectivity index (χ2v) is 3.41. The maximum atomic E-state index is 13.3. The molecule has 0 saturated carbocycles. The molecule has 1 aromatic carbocycles. The van der Waals surface area contributed by atoms with Crippen molar-refractivity contribution in [3.05, 3.63) is 29.8 Å². The molecule has 0 saturated heterocycles. The van der Waals surface area contributed by atoms with E-state index in [0.29, 0.717) is 17.4 Å². The predicted molar refractivity (Wildman–Crippen MR) is 68.7 cm³/mol. The summed E-state index contributed by atoms with van der Waals surface area (Å²) in [7, 11) is 1.39. The average molecular weight is 252 g/mol. The van der Waals surface area contributed by atoms with Crippen molar-refractivity contribution in [2.75, 3.05) is 7.11 Å². The highest BCUT2D eigenvalue weighted by Gasteiger charge is 2.13. The van der Waals surface area contributed by atoms with Crippen LogP contribution in [0.3, 0.4) is 0 Å². The quantitative estimate of drug-likeness (QED) is 0.768. The molecule has 0 unspecified atom stereocenters. The smallest absolute Gasteiger partial charge is 0.197 e. The van der Waals surface area contributed by atoms with Crippen LogP contribution >= 0.6 is 0 Å². The standard InChI is InChI=1S/C12H11FO3.C2H6/c1-3-9(14)12-5-7-4-11(15-2)8(13)6-10(7)16-12;1-2/h4-6H,3H2,1-2H3;1-2H3. The van der Waals surface area contributed by atoms with Gasteiger partial charge >= 0.3 is 0 Å². The van der Waals surface area contributed by atoms with E-state index in [-0.39, 0.29) is 17.3 Å². The van der Waals surface area contributed by atoms with Crippen molar-refractivity contribution < 1.29 is 18.3 Å². The number of hydrogen-bond donors (Lipinski definition) is 0. The summed E-state index contributed by atoms with van der Waals surface area (Å²) in [5.41, 5.74) is 0.357. The monoisotopic (exact) mass is 252 g/mol. The van der Waals surface area contributed by atoms with Crippen LogP contribution in [-0.2, 0) is 0 Å². The number of carbonyl (C=O) groups excluding carboxylic acids is 1. The van der Waals surface area contributed by atoms with E-state index in [4.69, 9.17) is 9.15 Å². The van der Waals surface area contributed by atoms with Gasteiger partial charge in [0.25, 0.3) is 0 Å².